The predicted octanol–water partition coefficient (Wildman–Crippen LogP) is 3.34. The van der Waals surface area contributed by atoms with E-state index in [1.807, 2.05) is 6.92 Å². The molecule has 23 heavy (non-hydrogen) atoms. The number of halogens is 1. The van der Waals surface area contributed by atoms with E-state index in [0.29, 0.717) is 36.3 Å². The first-order chi connectivity index (χ1) is 11.0. The summed E-state index contributed by atoms with van der Waals surface area (Å²) >= 11 is 0. The van der Waals surface area contributed by atoms with Crippen molar-refractivity contribution in [3.63, 3.8) is 0 Å². The lowest BCUT2D eigenvalue weighted by atomic mass is 10.0. The third-order valence-electron chi connectivity index (χ3n) is 4.06. The van der Waals surface area contributed by atoms with Crippen LogP contribution in [0.25, 0.3) is 0 Å². The van der Waals surface area contributed by atoms with Gasteiger partial charge in [-0.3, -0.25) is 9.59 Å². The normalized spacial score (nSPS) is 14.3. The Balaban J connectivity index is 2.07. The summed E-state index contributed by atoms with van der Waals surface area (Å²) in [5.74, 6) is -0.816. The number of carbonyl (C=O) groups excluding carboxylic acids is 2. The quantitative estimate of drug-likeness (QED) is 0.821. The van der Waals surface area contributed by atoms with E-state index in [2.05, 4.69) is 0 Å². The third kappa shape index (κ3) is 2.82. The summed E-state index contributed by atoms with van der Waals surface area (Å²) in [7, 11) is 0. The summed E-state index contributed by atoms with van der Waals surface area (Å²) in [6, 6.07) is 9.07. The zero-order valence-corrected chi connectivity index (χ0v) is 12.8. The van der Waals surface area contributed by atoms with Gasteiger partial charge in [0.25, 0.3) is 5.91 Å². The van der Waals surface area contributed by atoms with Gasteiger partial charge in [-0.15, -0.1) is 0 Å². The lowest BCUT2D eigenvalue weighted by molar-refractivity contribution is 0.0973. The molecule has 5 heteroatoms. The van der Waals surface area contributed by atoms with Crippen LogP contribution in [-0.4, -0.2) is 18.2 Å². The SMILES string of the molecule is Cc1cc(N)ccc1C(=O)N1CCCC(=O)c2cc(F)ccc21. The number of carbonyl (C=O) groups is 2. The van der Waals surface area contributed by atoms with Gasteiger partial charge in [-0.1, -0.05) is 0 Å². The number of nitrogens with two attached hydrogens (primary N) is 1. The summed E-state index contributed by atoms with van der Waals surface area (Å²) < 4.78 is 13.5. The van der Waals surface area contributed by atoms with E-state index in [1.165, 1.54) is 18.2 Å². The Morgan fingerprint density at radius 2 is 2.00 bits per heavy atom. The molecule has 2 aromatic carbocycles. The van der Waals surface area contributed by atoms with Crippen LogP contribution in [0.4, 0.5) is 15.8 Å². The number of benzene rings is 2. The van der Waals surface area contributed by atoms with Gasteiger partial charge >= 0.3 is 0 Å². The summed E-state index contributed by atoms with van der Waals surface area (Å²) in [4.78, 5) is 26.6. The molecule has 1 amide bonds. The molecule has 0 spiro atoms. The standard InChI is InChI=1S/C18H17FN2O2/c1-11-9-13(20)5-6-14(11)18(23)21-8-2-3-17(22)15-10-12(19)4-7-16(15)21/h4-7,9-10H,2-3,8,20H2,1H3. The largest absolute Gasteiger partial charge is 0.399 e. The number of ketones is 1. The number of fused-ring (bicyclic) bond motifs is 1. The number of amides is 1. The minimum absolute atomic E-state index is 0.135. The number of hydrogen-bond acceptors (Lipinski definition) is 3. The Labute approximate surface area is 133 Å². The highest BCUT2D eigenvalue weighted by atomic mass is 19.1. The summed E-state index contributed by atoms with van der Waals surface area (Å²) in [5, 5.41) is 0. The second kappa shape index (κ2) is 5.83. The Morgan fingerprint density at radius 3 is 2.74 bits per heavy atom. The molecule has 0 saturated heterocycles. The van der Waals surface area contributed by atoms with Crippen molar-refractivity contribution >= 4 is 23.1 Å². The van der Waals surface area contributed by atoms with Gasteiger partial charge in [-0.2, -0.15) is 0 Å². The van der Waals surface area contributed by atoms with Crippen LogP contribution in [0.1, 0.15) is 39.1 Å². The fraction of sp³-hybridized carbons (Fsp3) is 0.222. The molecule has 0 atom stereocenters. The summed E-state index contributed by atoms with van der Waals surface area (Å²) in [6.07, 6.45) is 0.857. The van der Waals surface area contributed by atoms with Crippen LogP contribution in [0.3, 0.4) is 0 Å². The van der Waals surface area contributed by atoms with Gasteiger partial charge in [0, 0.05) is 29.8 Å². The van der Waals surface area contributed by atoms with E-state index in [4.69, 9.17) is 5.73 Å². The number of aryl methyl sites for hydroxylation is 1. The molecule has 118 valence electrons. The topological polar surface area (TPSA) is 63.4 Å². The zero-order chi connectivity index (χ0) is 16.6. The van der Waals surface area contributed by atoms with Crippen molar-refractivity contribution in [2.45, 2.75) is 19.8 Å². The number of hydrogen-bond donors (Lipinski definition) is 1. The fourth-order valence-electron chi connectivity index (χ4n) is 2.90. The fourth-order valence-corrected chi connectivity index (χ4v) is 2.90. The Bertz CT molecular complexity index is 802. The molecule has 0 fully saturated rings. The zero-order valence-electron chi connectivity index (χ0n) is 12.8. The molecular weight excluding hydrogens is 295 g/mol. The Morgan fingerprint density at radius 1 is 1.22 bits per heavy atom. The van der Waals surface area contributed by atoms with Crippen molar-refractivity contribution in [1.82, 2.24) is 0 Å². The van der Waals surface area contributed by atoms with Crippen LogP contribution >= 0.6 is 0 Å². The number of nitrogens with zero attached hydrogens (tertiary/aromatic N) is 1. The van der Waals surface area contributed by atoms with E-state index >= 15 is 0 Å². The van der Waals surface area contributed by atoms with Crippen LogP contribution < -0.4 is 10.6 Å². The summed E-state index contributed by atoms with van der Waals surface area (Å²) in [5.41, 5.74) is 8.36. The highest BCUT2D eigenvalue weighted by Gasteiger charge is 2.27. The number of rotatable bonds is 1. The average Bonchev–Trinajstić information content (AvgIpc) is 2.66. The molecule has 2 N–H and O–H groups in total. The van der Waals surface area contributed by atoms with Crippen molar-refractivity contribution in [3.05, 3.63) is 58.9 Å². The van der Waals surface area contributed by atoms with Gasteiger partial charge < -0.3 is 10.6 Å². The highest BCUT2D eigenvalue weighted by molar-refractivity contribution is 6.12. The molecular formula is C18H17FN2O2. The van der Waals surface area contributed by atoms with Gasteiger partial charge in [-0.25, -0.2) is 4.39 Å². The van der Waals surface area contributed by atoms with Gasteiger partial charge in [-0.05, 0) is 55.3 Å². The Kier molecular flexibility index (Phi) is 3.86. The van der Waals surface area contributed by atoms with E-state index < -0.39 is 5.82 Å². The molecule has 1 heterocycles. The maximum Gasteiger partial charge on any atom is 0.258 e. The molecule has 0 aromatic heterocycles. The monoisotopic (exact) mass is 312 g/mol. The molecule has 4 nitrogen and oxygen atoms in total. The van der Waals surface area contributed by atoms with Crippen LogP contribution in [-0.2, 0) is 0 Å². The maximum atomic E-state index is 13.5. The van der Waals surface area contributed by atoms with E-state index in [0.717, 1.165) is 5.56 Å². The van der Waals surface area contributed by atoms with Crippen LogP contribution in [0, 0.1) is 12.7 Å². The van der Waals surface area contributed by atoms with Gasteiger partial charge in [0.15, 0.2) is 5.78 Å². The molecule has 0 aliphatic carbocycles. The number of nitrogen functional groups attached to an aromatic ring is 1. The van der Waals surface area contributed by atoms with Crippen molar-refractivity contribution < 1.29 is 14.0 Å². The molecule has 1 aliphatic heterocycles. The third-order valence-corrected chi connectivity index (χ3v) is 4.06. The second-order valence-corrected chi connectivity index (χ2v) is 5.72. The first kappa shape index (κ1) is 15.2. The van der Waals surface area contributed by atoms with E-state index in [-0.39, 0.29) is 17.3 Å². The smallest absolute Gasteiger partial charge is 0.258 e. The molecule has 0 saturated carbocycles. The molecule has 0 radical (unpaired) electrons. The first-order valence-electron chi connectivity index (χ1n) is 7.48. The van der Waals surface area contributed by atoms with Gasteiger partial charge in [0.1, 0.15) is 5.82 Å². The Hall–Kier alpha value is -2.69. The lowest BCUT2D eigenvalue weighted by Gasteiger charge is -2.23. The van der Waals surface area contributed by atoms with Crippen LogP contribution in [0.15, 0.2) is 36.4 Å². The van der Waals surface area contributed by atoms with Crippen molar-refractivity contribution in [2.24, 2.45) is 0 Å². The highest BCUT2D eigenvalue weighted by Crippen LogP contribution is 2.29. The second-order valence-electron chi connectivity index (χ2n) is 5.72. The predicted molar refractivity (Wildman–Crippen MR) is 87.2 cm³/mol. The van der Waals surface area contributed by atoms with E-state index in [9.17, 15) is 14.0 Å². The molecule has 1 aliphatic rings. The molecule has 0 bridgehead atoms. The lowest BCUT2D eigenvalue weighted by Crippen LogP contribution is -2.32. The van der Waals surface area contributed by atoms with Crippen LogP contribution in [0.2, 0.25) is 0 Å². The summed E-state index contributed by atoms with van der Waals surface area (Å²) in [6.45, 7) is 2.24. The van der Waals surface area contributed by atoms with E-state index in [1.54, 1.807) is 23.1 Å². The number of Topliss-reactive ketones (excluding diaryl/α,β-unsaturated/α-hetero) is 1. The molecule has 0 unspecified atom stereocenters. The van der Waals surface area contributed by atoms with Gasteiger partial charge in [0.05, 0.1) is 5.69 Å². The number of anilines is 2. The molecule has 2 aromatic rings. The minimum atomic E-state index is -0.477. The maximum absolute atomic E-state index is 13.5. The van der Waals surface area contributed by atoms with Crippen molar-refractivity contribution in [1.29, 1.82) is 0 Å². The minimum Gasteiger partial charge on any atom is -0.399 e. The van der Waals surface area contributed by atoms with Crippen molar-refractivity contribution in [2.75, 3.05) is 17.2 Å². The van der Waals surface area contributed by atoms with Gasteiger partial charge in [0.2, 0.25) is 0 Å². The van der Waals surface area contributed by atoms with Crippen molar-refractivity contribution in [3.8, 4) is 0 Å². The van der Waals surface area contributed by atoms with Crippen LogP contribution in [0.5, 0.6) is 0 Å². The molecule has 3 rings (SSSR count). The first-order valence-corrected chi connectivity index (χ1v) is 7.48. The average molecular weight is 312 g/mol.